The lowest BCUT2D eigenvalue weighted by atomic mass is 9.84. The van der Waals surface area contributed by atoms with Gasteiger partial charge in [0, 0.05) is 0 Å². The normalized spacial score (nSPS) is 37.3. The number of amides is 2. The predicted octanol–water partition coefficient (Wildman–Crippen LogP) is 4.51. The number of alkyl halides is 4. The van der Waals surface area contributed by atoms with E-state index in [-0.39, 0.29) is 21.3 Å². The van der Waals surface area contributed by atoms with Gasteiger partial charge in [0.25, 0.3) is 0 Å². The van der Waals surface area contributed by atoms with Gasteiger partial charge < -0.3 is 0 Å². The van der Waals surface area contributed by atoms with E-state index in [1.807, 2.05) is 6.07 Å². The summed E-state index contributed by atoms with van der Waals surface area (Å²) in [6, 6.07) is 8.11. The number of rotatable bonds is 1. The lowest BCUT2D eigenvalue weighted by Gasteiger charge is -2.34. The van der Waals surface area contributed by atoms with E-state index in [0.29, 0.717) is 0 Å². The molecule has 2 amide bonds. The van der Waals surface area contributed by atoms with Gasteiger partial charge in [0.1, 0.15) is 15.8 Å². The van der Waals surface area contributed by atoms with Crippen LogP contribution in [0.4, 0.5) is 5.69 Å². The second-order valence-electron chi connectivity index (χ2n) is 6.22. The van der Waals surface area contributed by atoms with Crippen molar-refractivity contribution in [1.29, 1.82) is 5.26 Å². The number of carbonyl (C=O) groups is 2. The van der Waals surface area contributed by atoms with E-state index < -0.39 is 37.7 Å². The summed E-state index contributed by atoms with van der Waals surface area (Å²) < 4.78 is -1.97. The summed E-state index contributed by atoms with van der Waals surface area (Å²) >= 11 is 38.5. The van der Waals surface area contributed by atoms with E-state index in [9.17, 15) is 14.9 Å². The van der Waals surface area contributed by atoms with Crippen molar-refractivity contribution < 1.29 is 9.59 Å². The summed E-state index contributed by atoms with van der Waals surface area (Å²) in [5.41, 5.74) is 0.267. The molecule has 4 rings (SSSR count). The maximum absolute atomic E-state index is 13.2. The molecule has 1 aromatic rings. The molecule has 0 radical (unpaired) electrons. The summed E-state index contributed by atoms with van der Waals surface area (Å²) in [5, 5.41) is 8.99. The number of carbonyl (C=O) groups excluding carboxylic acids is 2. The Morgan fingerprint density at radius 1 is 0.923 bits per heavy atom. The number of hydrogen-bond acceptors (Lipinski definition) is 3. The van der Waals surface area contributed by atoms with Crippen LogP contribution in [0.15, 0.2) is 34.3 Å². The van der Waals surface area contributed by atoms with E-state index in [1.54, 1.807) is 12.1 Å². The number of para-hydroxylation sites is 1. The molecule has 3 aliphatic rings. The zero-order chi connectivity index (χ0) is 19.2. The molecule has 1 aliphatic heterocycles. The smallest absolute Gasteiger partial charge is 0.240 e. The Bertz CT molecular complexity index is 924. The minimum absolute atomic E-state index is 0.126. The van der Waals surface area contributed by atoms with Crippen LogP contribution in [0.25, 0.3) is 0 Å². The number of nitrogens with zero attached hydrogens (tertiary/aromatic N) is 2. The zero-order valence-electron chi connectivity index (χ0n) is 12.4. The molecular formula is C16H6Cl6N2O2. The first-order valence-corrected chi connectivity index (χ1v) is 9.52. The van der Waals surface area contributed by atoms with Crippen molar-refractivity contribution in [3.8, 4) is 6.07 Å². The molecule has 2 bridgehead atoms. The molecule has 2 aliphatic carbocycles. The fourth-order valence-corrected chi connectivity index (χ4v) is 6.92. The van der Waals surface area contributed by atoms with Gasteiger partial charge in [0.2, 0.25) is 11.8 Å². The monoisotopic (exact) mass is 468 g/mol. The minimum atomic E-state index is -1.97. The van der Waals surface area contributed by atoms with E-state index in [1.165, 1.54) is 12.1 Å². The third kappa shape index (κ3) is 1.72. The summed E-state index contributed by atoms with van der Waals surface area (Å²) in [6.45, 7) is 0. The molecule has 10 heteroatoms. The fraction of sp³-hybridized carbons (Fsp3) is 0.312. The SMILES string of the molecule is N#Cc1ccccc1N1C(=O)[C@H]2[C@H](C1=O)[C@@]1(Cl)C(Cl)=C(Cl)[C@@]2(Cl)C1(Cl)Cl. The Kier molecular flexibility index (Phi) is 3.91. The van der Waals surface area contributed by atoms with Gasteiger partial charge in [0.15, 0.2) is 4.33 Å². The Morgan fingerprint density at radius 3 is 1.85 bits per heavy atom. The van der Waals surface area contributed by atoms with Gasteiger partial charge in [0.05, 0.1) is 33.2 Å². The topological polar surface area (TPSA) is 61.2 Å². The van der Waals surface area contributed by atoms with E-state index in [2.05, 4.69) is 0 Å². The van der Waals surface area contributed by atoms with Gasteiger partial charge in [-0.1, -0.05) is 58.5 Å². The maximum Gasteiger partial charge on any atom is 0.240 e. The van der Waals surface area contributed by atoms with E-state index >= 15 is 0 Å². The first-order valence-electron chi connectivity index (χ1n) is 7.25. The van der Waals surface area contributed by atoms with Crippen LogP contribution in [0.5, 0.6) is 0 Å². The molecule has 1 aromatic carbocycles. The molecule has 0 spiro atoms. The van der Waals surface area contributed by atoms with Crippen LogP contribution in [0, 0.1) is 23.2 Å². The predicted molar refractivity (Wildman–Crippen MR) is 101 cm³/mol. The number of benzene rings is 1. The minimum Gasteiger partial charge on any atom is -0.274 e. The molecule has 2 fully saturated rings. The second kappa shape index (κ2) is 5.44. The molecule has 1 saturated heterocycles. The molecule has 1 saturated carbocycles. The third-order valence-corrected chi connectivity index (χ3v) is 9.43. The number of imide groups is 1. The molecular weight excluding hydrogens is 465 g/mol. The molecule has 0 unspecified atom stereocenters. The van der Waals surface area contributed by atoms with Crippen LogP contribution in [0.2, 0.25) is 0 Å². The van der Waals surface area contributed by atoms with Crippen molar-refractivity contribution >= 4 is 87.1 Å². The zero-order valence-corrected chi connectivity index (χ0v) is 17.0. The second-order valence-corrected chi connectivity index (χ2v) is 9.50. The first-order chi connectivity index (χ1) is 12.1. The highest BCUT2D eigenvalue weighted by atomic mass is 35.5. The number of anilines is 1. The van der Waals surface area contributed by atoms with E-state index in [4.69, 9.17) is 69.6 Å². The van der Waals surface area contributed by atoms with Gasteiger partial charge >= 0.3 is 0 Å². The molecule has 26 heavy (non-hydrogen) atoms. The summed E-state index contributed by atoms with van der Waals surface area (Å²) in [7, 11) is 0. The molecule has 134 valence electrons. The lowest BCUT2D eigenvalue weighted by molar-refractivity contribution is -0.123. The van der Waals surface area contributed by atoms with Crippen molar-refractivity contribution in [2.24, 2.45) is 11.8 Å². The largest absolute Gasteiger partial charge is 0.274 e. The van der Waals surface area contributed by atoms with Gasteiger partial charge in [-0.05, 0) is 12.1 Å². The molecule has 0 aromatic heterocycles. The van der Waals surface area contributed by atoms with Crippen molar-refractivity contribution in [2.75, 3.05) is 4.90 Å². The van der Waals surface area contributed by atoms with Gasteiger partial charge in [-0.15, -0.1) is 23.2 Å². The molecule has 1 heterocycles. The highest BCUT2D eigenvalue weighted by Crippen LogP contribution is 2.77. The van der Waals surface area contributed by atoms with Crippen LogP contribution < -0.4 is 4.90 Å². The van der Waals surface area contributed by atoms with Crippen molar-refractivity contribution in [3.63, 3.8) is 0 Å². The number of halogens is 6. The number of hydrogen-bond donors (Lipinski definition) is 0. The van der Waals surface area contributed by atoms with Gasteiger partial charge in [-0.3, -0.25) is 9.59 Å². The quantitative estimate of drug-likeness (QED) is 0.448. The van der Waals surface area contributed by atoms with Crippen LogP contribution in [-0.2, 0) is 9.59 Å². The number of nitriles is 1. The number of allylic oxidation sites excluding steroid dienone is 2. The first kappa shape index (κ1) is 18.7. The van der Waals surface area contributed by atoms with Gasteiger partial charge in [-0.25, -0.2) is 4.90 Å². The average molecular weight is 471 g/mol. The van der Waals surface area contributed by atoms with Crippen molar-refractivity contribution in [1.82, 2.24) is 0 Å². The Hall–Kier alpha value is -0.670. The third-order valence-electron chi connectivity index (χ3n) is 5.17. The lowest BCUT2D eigenvalue weighted by Crippen LogP contribution is -2.50. The summed E-state index contributed by atoms with van der Waals surface area (Å²) in [5.74, 6) is -3.81. The highest BCUT2D eigenvalue weighted by Gasteiger charge is 2.87. The molecule has 0 N–H and O–H groups in total. The van der Waals surface area contributed by atoms with Crippen LogP contribution in [-0.4, -0.2) is 25.9 Å². The van der Waals surface area contributed by atoms with E-state index in [0.717, 1.165) is 4.90 Å². The Labute approximate surface area is 178 Å². The van der Waals surface area contributed by atoms with Gasteiger partial charge in [-0.2, -0.15) is 5.26 Å². The van der Waals surface area contributed by atoms with Crippen molar-refractivity contribution in [2.45, 2.75) is 14.1 Å². The van der Waals surface area contributed by atoms with Crippen LogP contribution in [0.3, 0.4) is 0 Å². The molecule has 4 nitrogen and oxygen atoms in total. The highest BCUT2D eigenvalue weighted by molar-refractivity contribution is 6.67. The van der Waals surface area contributed by atoms with Crippen molar-refractivity contribution in [3.05, 3.63) is 39.9 Å². The molecule has 4 atom stereocenters. The Morgan fingerprint density at radius 2 is 1.38 bits per heavy atom. The standard InChI is InChI=1S/C16H6Cl6N2O2/c17-10-11(18)15(20)9-8(14(10,19)16(15,21)22)12(25)24(13(9)26)7-4-2-1-3-6(7)5-23/h1-4,8-9H/t8-,9-,14-,15-/m1/s1. The fourth-order valence-electron chi connectivity index (χ4n) is 4.00. The average Bonchev–Trinajstić information content (AvgIpc) is 2.99. The number of fused-ring (bicyclic) bond motifs is 5. The summed E-state index contributed by atoms with van der Waals surface area (Å²) in [6.07, 6.45) is 0. The van der Waals surface area contributed by atoms with Crippen LogP contribution in [0.1, 0.15) is 5.56 Å². The Balaban J connectivity index is 1.94. The maximum atomic E-state index is 13.2. The summed E-state index contributed by atoms with van der Waals surface area (Å²) in [4.78, 5) is 23.5. The van der Waals surface area contributed by atoms with Crippen LogP contribution >= 0.6 is 69.6 Å².